The van der Waals surface area contributed by atoms with E-state index in [0.29, 0.717) is 0 Å². The van der Waals surface area contributed by atoms with Crippen molar-refractivity contribution in [3.05, 3.63) is 66.0 Å². The maximum Gasteiger partial charge on any atom is 0.230 e. The van der Waals surface area contributed by atoms with Crippen LogP contribution in [0.1, 0.15) is 36.4 Å². The molecule has 0 spiro atoms. The minimum atomic E-state index is -0.540. The van der Waals surface area contributed by atoms with E-state index in [1.165, 1.54) is 0 Å². The molecule has 0 aliphatic rings. The van der Waals surface area contributed by atoms with Crippen molar-refractivity contribution in [3.63, 3.8) is 0 Å². The van der Waals surface area contributed by atoms with Crippen LogP contribution in [0.2, 0.25) is 0 Å². The van der Waals surface area contributed by atoms with Gasteiger partial charge in [0.05, 0.1) is 18.6 Å². The summed E-state index contributed by atoms with van der Waals surface area (Å²) in [6.07, 6.45) is 4.21. The Morgan fingerprint density at radius 2 is 1.81 bits per heavy atom. The Kier molecular flexibility index (Phi) is 5.46. The lowest BCUT2D eigenvalue weighted by molar-refractivity contribution is -0.124. The van der Waals surface area contributed by atoms with E-state index in [1.54, 1.807) is 12.4 Å². The molecular formula is C17H20N2O2. The molecular weight excluding hydrogens is 264 g/mol. The van der Waals surface area contributed by atoms with Crippen LogP contribution < -0.4 is 5.32 Å². The minimum absolute atomic E-state index is 0.0711. The number of pyridine rings is 1. The molecule has 2 N–H and O–H groups in total. The summed E-state index contributed by atoms with van der Waals surface area (Å²) < 4.78 is 0. The van der Waals surface area contributed by atoms with Gasteiger partial charge in [0, 0.05) is 12.4 Å². The van der Waals surface area contributed by atoms with Gasteiger partial charge in [0.15, 0.2) is 0 Å². The second-order valence-corrected chi connectivity index (χ2v) is 4.90. The van der Waals surface area contributed by atoms with Crippen molar-refractivity contribution < 1.29 is 9.90 Å². The third-order valence-electron chi connectivity index (χ3n) is 3.53. The number of nitrogens with zero attached hydrogens (tertiary/aromatic N) is 1. The highest BCUT2D eigenvalue weighted by Crippen LogP contribution is 2.20. The van der Waals surface area contributed by atoms with E-state index >= 15 is 0 Å². The van der Waals surface area contributed by atoms with Gasteiger partial charge in [-0.05, 0) is 29.7 Å². The van der Waals surface area contributed by atoms with Gasteiger partial charge in [-0.3, -0.25) is 9.78 Å². The number of hydrogen-bond acceptors (Lipinski definition) is 3. The first-order chi connectivity index (χ1) is 10.3. The quantitative estimate of drug-likeness (QED) is 0.856. The average molecular weight is 284 g/mol. The first-order valence-corrected chi connectivity index (χ1v) is 7.12. The summed E-state index contributed by atoms with van der Waals surface area (Å²) in [7, 11) is 0. The zero-order valence-electron chi connectivity index (χ0n) is 12.1. The molecule has 4 heteroatoms. The van der Waals surface area contributed by atoms with Crippen molar-refractivity contribution in [3.8, 4) is 0 Å². The lowest BCUT2D eigenvalue weighted by Gasteiger charge is -2.21. The van der Waals surface area contributed by atoms with Crippen LogP contribution in [0.4, 0.5) is 0 Å². The molecule has 0 bridgehead atoms. The van der Waals surface area contributed by atoms with Crippen LogP contribution in [-0.2, 0) is 4.79 Å². The Hall–Kier alpha value is -2.20. The zero-order chi connectivity index (χ0) is 15.1. The summed E-state index contributed by atoms with van der Waals surface area (Å²) in [6.45, 7) is 1.81. The molecule has 0 saturated carbocycles. The van der Waals surface area contributed by atoms with Crippen LogP contribution in [0, 0.1) is 0 Å². The van der Waals surface area contributed by atoms with Gasteiger partial charge >= 0.3 is 0 Å². The Labute approximate surface area is 124 Å². The molecule has 1 amide bonds. The largest absolute Gasteiger partial charge is 0.395 e. The summed E-state index contributed by atoms with van der Waals surface area (Å²) >= 11 is 0. The molecule has 0 aliphatic heterocycles. The normalized spacial score (nSPS) is 13.4. The predicted molar refractivity (Wildman–Crippen MR) is 81.7 cm³/mol. The molecule has 2 atom stereocenters. The van der Waals surface area contributed by atoms with Crippen molar-refractivity contribution in [1.82, 2.24) is 10.3 Å². The third kappa shape index (κ3) is 3.89. The van der Waals surface area contributed by atoms with E-state index < -0.39 is 5.92 Å². The zero-order valence-corrected chi connectivity index (χ0v) is 12.1. The fraction of sp³-hybridized carbons (Fsp3) is 0.294. The van der Waals surface area contributed by atoms with E-state index in [4.69, 9.17) is 0 Å². The highest BCUT2D eigenvalue weighted by Gasteiger charge is 2.22. The molecule has 2 aromatic rings. The number of aliphatic hydroxyl groups excluding tert-OH is 1. The monoisotopic (exact) mass is 284 g/mol. The van der Waals surface area contributed by atoms with Crippen LogP contribution in [-0.4, -0.2) is 22.6 Å². The van der Waals surface area contributed by atoms with Gasteiger partial charge in [-0.2, -0.15) is 0 Å². The minimum Gasteiger partial charge on any atom is -0.395 e. The van der Waals surface area contributed by atoms with Gasteiger partial charge in [0.1, 0.15) is 0 Å². The van der Waals surface area contributed by atoms with Gasteiger partial charge in [-0.1, -0.05) is 37.3 Å². The summed E-state index contributed by atoms with van der Waals surface area (Å²) in [4.78, 5) is 16.4. The fourth-order valence-electron chi connectivity index (χ4n) is 2.31. The number of aliphatic hydroxyl groups is 1. The summed E-state index contributed by atoms with van der Waals surface area (Å²) in [5, 5.41) is 12.5. The summed E-state index contributed by atoms with van der Waals surface area (Å²) in [5.74, 6) is -0.700. The molecule has 4 nitrogen and oxygen atoms in total. The fourth-order valence-corrected chi connectivity index (χ4v) is 2.31. The van der Waals surface area contributed by atoms with Gasteiger partial charge in [0.25, 0.3) is 0 Å². The van der Waals surface area contributed by atoms with E-state index in [-0.39, 0.29) is 18.6 Å². The lowest BCUT2D eigenvalue weighted by Crippen LogP contribution is -2.34. The van der Waals surface area contributed by atoms with Gasteiger partial charge in [0.2, 0.25) is 5.91 Å². The number of benzene rings is 1. The predicted octanol–water partition coefficient (Wildman–Crippen LogP) is 2.43. The molecule has 0 radical (unpaired) electrons. The number of nitrogens with one attached hydrogen (secondary N) is 1. The molecule has 0 aliphatic carbocycles. The Bertz CT molecular complexity index is 558. The van der Waals surface area contributed by atoms with Crippen molar-refractivity contribution in [2.75, 3.05) is 6.61 Å². The maximum absolute atomic E-state index is 12.4. The summed E-state index contributed by atoms with van der Waals surface area (Å²) in [6, 6.07) is 13.1. The van der Waals surface area contributed by atoms with Crippen molar-refractivity contribution in [1.29, 1.82) is 0 Å². The Morgan fingerprint density at radius 3 is 2.38 bits per heavy atom. The van der Waals surface area contributed by atoms with E-state index in [9.17, 15) is 9.90 Å². The van der Waals surface area contributed by atoms with Gasteiger partial charge < -0.3 is 10.4 Å². The Morgan fingerprint density at radius 1 is 1.14 bits per heavy atom. The van der Waals surface area contributed by atoms with E-state index in [1.807, 2.05) is 49.4 Å². The molecule has 110 valence electrons. The molecule has 0 fully saturated rings. The highest BCUT2D eigenvalue weighted by atomic mass is 16.3. The van der Waals surface area contributed by atoms with E-state index in [2.05, 4.69) is 10.3 Å². The van der Waals surface area contributed by atoms with Gasteiger partial charge in [-0.25, -0.2) is 0 Å². The SMILES string of the molecule is CCC(NC(=O)C(CO)c1ccccc1)c1ccncc1. The van der Waals surface area contributed by atoms with Crippen molar-refractivity contribution in [2.24, 2.45) is 0 Å². The maximum atomic E-state index is 12.4. The molecule has 1 aromatic heterocycles. The van der Waals surface area contributed by atoms with Crippen LogP contribution >= 0.6 is 0 Å². The lowest BCUT2D eigenvalue weighted by atomic mass is 9.97. The van der Waals surface area contributed by atoms with Crippen LogP contribution in [0.25, 0.3) is 0 Å². The molecule has 21 heavy (non-hydrogen) atoms. The van der Waals surface area contributed by atoms with Crippen LogP contribution in [0.15, 0.2) is 54.9 Å². The Balaban J connectivity index is 2.11. The number of amides is 1. The number of hydrogen-bond donors (Lipinski definition) is 2. The number of carbonyl (C=O) groups is 1. The smallest absolute Gasteiger partial charge is 0.230 e. The average Bonchev–Trinajstić information content (AvgIpc) is 2.55. The first-order valence-electron chi connectivity index (χ1n) is 7.12. The second kappa shape index (κ2) is 7.55. The molecule has 2 rings (SSSR count). The van der Waals surface area contributed by atoms with Crippen molar-refractivity contribution in [2.45, 2.75) is 25.3 Å². The third-order valence-corrected chi connectivity index (χ3v) is 3.53. The van der Waals surface area contributed by atoms with Gasteiger partial charge in [-0.15, -0.1) is 0 Å². The topological polar surface area (TPSA) is 62.2 Å². The molecule has 1 heterocycles. The number of carbonyl (C=O) groups excluding carboxylic acids is 1. The van der Waals surface area contributed by atoms with Crippen LogP contribution in [0.5, 0.6) is 0 Å². The van der Waals surface area contributed by atoms with E-state index in [0.717, 1.165) is 17.5 Å². The van der Waals surface area contributed by atoms with Crippen molar-refractivity contribution >= 4 is 5.91 Å². The second-order valence-electron chi connectivity index (χ2n) is 4.90. The summed E-state index contributed by atoms with van der Waals surface area (Å²) in [5.41, 5.74) is 1.84. The number of aromatic nitrogens is 1. The standard InChI is InChI=1S/C17H20N2O2/c1-2-16(14-8-10-18-11-9-14)19-17(21)15(12-20)13-6-4-3-5-7-13/h3-11,15-16,20H,2,12H2,1H3,(H,19,21). The van der Waals surface area contributed by atoms with Crippen LogP contribution in [0.3, 0.4) is 0 Å². The number of rotatable bonds is 6. The molecule has 0 saturated heterocycles. The first kappa shape index (κ1) is 15.2. The molecule has 2 unspecified atom stereocenters. The highest BCUT2D eigenvalue weighted by molar-refractivity contribution is 5.84. The molecule has 1 aromatic carbocycles.